The van der Waals surface area contributed by atoms with Crippen molar-refractivity contribution in [2.45, 2.75) is 39.1 Å². The second kappa shape index (κ2) is 9.73. The van der Waals surface area contributed by atoms with Crippen LogP contribution in [0, 0.1) is 0 Å². The number of ether oxygens (including phenoxy) is 1. The van der Waals surface area contributed by atoms with Gasteiger partial charge in [0, 0.05) is 37.1 Å². The number of urea groups is 1. The van der Waals surface area contributed by atoms with Crippen LogP contribution in [0.2, 0.25) is 0 Å². The van der Waals surface area contributed by atoms with Crippen LogP contribution >= 0.6 is 27.3 Å². The highest BCUT2D eigenvalue weighted by molar-refractivity contribution is 9.11. The molecule has 3 amide bonds. The first-order valence-electron chi connectivity index (χ1n) is 9.58. The topological polar surface area (TPSA) is 61.9 Å². The molecule has 2 aromatic rings. The number of rotatable bonds is 5. The summed E-state index contributed by atoms with van der Waals surface area (Å²) in [7, 11) is 1.77. The van der Waals surface area contributed by atoms with Crippen molar-refractivity contribution in [1.29, 1.82) is 0 Å². The fraction of sp³-hybridized carbons (Fsp3) is 0.429. The van der Waals surface area contributed by atoms with Gasteiger partial charge in [-0.15, -0.1) is 11.3 Å². The molecule has 0 radical (unpaired) electrons. The molecule has 0 spiro atoms. The number of carbonyl (C=O) groups excluding carboxylic acids is 2. The van der Waals surface area contributed by atoms with Gasteiger partial charge in [-0.25, -0.2) is 4.79 Å². The Morgan fingerprint density at radius 2 is 1.83 bits per heavy atom. The smallest absolute Gasteiger partial charge is 0.317 e. The van der Waals surface area contributed by atoms with Crippen LogP contribution in [0.1, 0.15) is 34.6 Å². The van der Waals surface area contributed by atoms with E-state index in [1.807, 2.05) is 55.1 Å². The molecule has 1 aliphatic rings. The first-order valence-corrected chi connectivity index (χ1v) is 11.2. The zero-order valence-corrected chi connectivity index (χ0v) is 19.3. The summed E-state index contributed by atoms with van der Waals surface area (Å²) in [6.45, 7) is 6.15. The van der Waals surface area contributed by atoms with E-state index in [1.165, 1.54) is 0 Å². The van der Waals surface area contributed by atoms with Gasteiger partial charge >= 0.3 is 6.03 Å². The molecule has 2 heterocycles. The van der Waals surface area contributed by atoms with Crippen LogP contribution < -0.4 is 5.32 Å². The van der Waals surface area contributed by atoms with Gasteiger partial charge in [0.15, 0.2) is 0 Å². The molecule has 1 aliphatic heterocycles. The van der Waals surface area contributed by atoms with Gasteiger partial charge in [-0.1, -0.05) is 12.1 Å². The lowest BCUT2D eigenvalue weighted by Gasteiger charge is -2.35. The maximum Gasteiger partial charge on any atom is 0.317 e. The fourth-order valence-electron chi connectivity index (χ4n) is 3.35. The highest BCUT2D eigenvalue weighted by Gasteiger charge is 2.26. The maximum atomic E-state index is 12.7. The number of amides is 3. The van der Waals surface area contributed by atoms with E-state index in [0.29, 0.717) is 31.7 Å². The minimum atomic E-state index is -0.133. The molecule has 0 saturated carbocycles. The quantitative estimate of drug-likeness (QED) is 0.701. The molecule has 29 heavy (non-hydrogen) atoms. The average Bonchev–Trinajstić information content (AvgIpc) is 3.09. The van der Waals surface area contributed by atoms with Crippen molar-refractivity contribution in [2.75, 3.05) is 20.1 Å². The van der Waals surface area contributed by atoms with E-state index >= 15 is 0 Å². The van der Waals surface area contributed by atoms with Crippen molar-refractivity contribution in [1.82, 2.24) is 15.1 Å². The van der Waals surface area contributed by atoms with E-state index < -0.39 is 0 Å². The predicted molar refractivity (Wildman–Crippen MR) is 118 cm³/mol. The molecule has 2 unspecified atom stereocenters. The van der Waals surface area contributed by atoms with E-state index in [0.717, 1.165) is 14.2 Å². The van der Waals surface area contributed by atoms with Gasteiger partial charge in [0.1, 0.15) is 0 Å². The van der Waals surface area contributed by atoms with Crippen molar-refractivity contribution in [3.8, 4) is 0 Å². The lowest BCUT2D eigenvalue weighted by molar-refractivity contribution is -0.0586. The van der Waals surface area contributed by atoms with E-state index in [4.69, 9.17) is 4.74 Å². The van der Waals surface area contributed by atoms with E-state index in [9.17, 15) is 9.59 Å². The summed E-state index contributed by atoms with van der Waals surface area (Å²) < 4.78 is 6.75. The maximum absolute atomic E-state index is 12.7. The molecule has 0 aliphatic carbocycles. The molecular formula is C21H26BrN3O3S. The molecule has 3 rings (SSSR count). The fourth-order valence-corrected chi connectivity index (χ4v) is 4.88. The summed E-state index contributed by atoms with van der Waals surface area (Å²) in [4.78, 5) is 29.6. The van der Waals surface area contributed by atoms with E-state index in [1.54, 1.807) is 23.3 Å². The molecule has 1 fully saturated rings. The highest BCUT2D eigenvalue weighted by atomic mass is 79.9. The molecule has 6 nitrogen and oxygen atoms in total. The minimum absolute atomic E-state index is 0.0180. The number of morpholine rings is 1. The van der Waals surface area contributed by atoms with E-state index in [2.05, 4.69) is 21.2 Å². The first kappa shape index (κ1) is 21.8. The largest absolute Gasteiger partial charge is 0.372 e. The zero-order valence-electron chi connectivity index (χ0n) is 16.9. The van der Waals surface area contributed by atoms with Crippen LogP contribution in [-0.2, 0) is 17.8 Å². The van der Waals surface area contributed by atoms with Gasteiger partial charge in [0.2, 0.25) is 0 Å². The second-order valence-corrected chi connectivity index (χ2v) is 9.93. The Bertz CT molecular complexity index is 845. The molecule has 1 aromatic carbocycles. The van der Waals surface area contributed by atoms with Crippen molar-refractivity contribution in [2.24, 2.45) is 0 Å². The Morgan fingerprint density at radius 3 is 2.41 bits per heavy atom. The third-order valence-electron chi connectivity index (χ3n) is 4.72. The number of hydrogen-bond donors (Lipinski definition) is 1. The molecular weight excluding hydrogens is 454 g/mol. The molecule has 0 bridgehead atoms. The third-order valence-corrected chi connectivity index (χ3v) is 6.33. The molecule has 156 valence electrons. The Labute approximate surface area is 184 Å². The zero-order chi connectivity index (χ0) is 21.0. The molecule has 1 saturated heterocycles. The highest BCUT2D eigenvalue weighted by Crippen LogP contribution is 2.23. The Balaban J connectivity index is 1.51. The standard InChI is InChI=1S/C21H26BrN3O3S/c1-14-11-25(12-15(2)28-14)20(26)17-6-4-16(5-7-17)10-23-21(27)24(3)13-18-8-9-19(22)29-18/h4-9,14-15H,10-13H2,1-3H3,(H,23,27). The van der Waals surface area contributed by atoms with Gasteiger partial charge in [-0.3, -0.25) is 4.79 Å². The SMILES string of the molecule is CC1CN(C(=O)c2ccc(CNC(=O)N(C)Cc3ccc(Br)s3)cc2)CC(C)O1. The number of halogens is 1. The second-order valence-electron chi connectivity index (χ2n) is 7.38. The van der Waals surface area contributed by atoms with Crippen molar-refractivity contribution < 1.29 is 14.3 Å². The van der Waals surface area contributed by atoms with Crippen LogP contribution in [0.15, 0.2) is 40.2 Å². The summed E-state index contributed by atoms with van der Waals surface area (Å²) >= 11 is 5.05. The Morgan fingerprint density at radius 1 is 1.17 bits per heavy atom. The van der Waals surface area contributed by atoms with Crippen LogP contribution in [0.4, 0.5) is 4.79 Å². The monoisotopic (exact) mass is 479 g/mol. The lowest BCUT2D eigenvalue weighted by Crippen LogP contribution is -2.48. The summed E-state index contributed by atoms with van der Waals surface area (Å²) in [6.07, 6.45) is 0.0916. The van der Waals surface area contributed by atoms with Gasteiger partial charge < -0.3 is 19.9 Å². The van der Waals surface area contributed by atoms with Crippen LogP contribution in [-0.4, -0.2) is 54.1 Å². The number of nitrogens with one attached hydrogen (secondary N) is 1. The minimum Gasteiger partial charge on any atom is -0.372 e. The van der Waals surface area contributed by atoms with Gasteiger partial charge in [-0.2, -0.15) is 0 Å². The predicted octanol–water partition coefficient (Wildman–Crippen LogP) is 4.10. The van der Waals surface area contributed by atoms with Gasteiger partial charge in [0.05, 0.1) is 22.5 Å². The number of carbonyl (C=O) groups is 2. The molecule has 1 N–H and O–H groups in total. The number of nitrogens with zero attached hydrogens (tertiary/aromatic N) is 2. The Hall–Kier alpha value is -1.90. The van der Waals surface area contributed by atoms with Gasteiger partial charge in [0.25, 0.3) is 5.91 Å². The molecule has 2 atom stereocenters. The third kappa shape index (κ3) is 6.04. The van der Waals surface area contributed by atoms with Crippen molar-refractivity contribution >= 4 is 39.2 Å². The normalized spacial score (nSPS) is 19.1. The van der Waals surface area contributed by atoms with Gasteiger partial charge in [-0.05, 0) is 59.6 Å². The average molecular weight is 480 g/mol. The van der Waals surface area contributed by atoms with Crippen LogP contribution in [0.25, 0.3) is 0 Å². The first-order chi connectivity index (χ1) is 13.8. The molecule has 1 aromatic heterocycles. The van der Waals surface area contributed by atoms with E-state index in [-0.39, 0.29) is 24.1 Å². The van der Waals surface area contributed by atoms with Crippen molar-refractivity contribution in [3.63, 3.8) is 0 Å². The summed E-state index contributed by atoms with van der Waals surface area (Å²) in [5.74, 6) is 0.0180. The Kier molecular flexibility index (Phi) is 7.32. The number of thiophene rings is 1. The lowest BCUT2D eigenvalue weighted by atomic mass is 10.1. The van der Waals surface area contributed by atoms with Crippen molar-refractivity contribution in [3.05, 3.63) is 56.2 Å². The summed E-state index contributed by atoms with van der Waals surface area (Å²) in [5.41, 5.74) is 1.60. The van der Waals surface area contributed by atoms with Crippen LogP contribution in [0.5, 0.6) is 0 Å². The number of benzene rings is 1. The molecule has 8 heteroatoms. The summed E-state index contributed by atoms with van der Waals surface area (Å²) in [6, 6.07) is 11.3. The van der Waals surface area contributed by atoms with Crippen LogP contribution in [0.3, 0.4) is 0 Å². The number of hydrogen-bond acceptors (Lipinski definition) is 4. The summed E-state index contributed by atoms with van der Waals surface area (Å²) in [5, 5.41) is 2.92.